The first-order valence-electron chi connectivity index (χ1n) is 4.39. The first-order valence-corrected chi connectivity index (χ1v) is 5.78. The Morgan fingerprint density at radius 1 is 1.35 bits per heavy atom. The average molecular weight is 267 g/mol. The summed E-state index contributed by atoms with van der Waals surface area (Å²) in [5.41, 5.74) is 2.78. The molecule has 0 heterocycles. The standard InChI is InChI=1S/C8H13NO7S/c1-17-3-2-8(9,15)7(14)16-4(5(10)11)6(12)13/h4,15H,2-3,9H2,1H3,(H,10,11)(H,12,13). The van der Waals surface area contributed by atoms with E-state index in [1.807, 2.05) is 0 Å². The molecule has 0 saturated heterocycles. The summed E-state index contributed by atoms with van der Waals surface area (Å²) in [6, 6.07) is 0. The van der Waals surface area contributed by atoms with Crippen molar-refractivity contribution >= 4 is 29.7 Å². The van der Waals surface area contributed by atoms with Gasteiger partial charge in [-0.15, -0.1) is 0 Å². The summed E-state index contributed by atoms with van der Waals surface area (Å²) < 4.78 is 4.11. The molecule has 0 aromatic carbocycles. The number of carbonyl (C=O) groups excluding carboxylic acids is 1. The molecule has 1 unspecified atom stereocenters. The number of rotatable bonds is 7. The lowest BCUT2D eigenvalue weighted by Gasteiger charge is -2.21. The van der Waals surface area contributed by atoms with E-state index in [4.69, 9.17) is 15.9 Å². The molecule has 0 aliphatic heterocycles. The summed E-state index contributed by atoms with van der Waals surface area (Å²) in [7, 11) is 0. The summed E-state index contributed by atoms with van der Waals surface area (Å²) in [5, 5.41) is 26.3. The number of thioether (sulfide) groups is 1. The average Bonchev–Trinajstić information content (AvgIpc) is 2.21. The van der Waals surface area contributed by atoms with Crippen LogP contribution in [0.5, 0.6) is 0 Å². The Kier molecular flexibility index (Phi) is 5.93. The van der Waals surface area contributed by atoms with Crippen LogP contribution in [0.4, 0.5) is 0 Å². The van der Waals surface area contributed by atoms with E-state index < -0.39 is 29.7 Å². The van der Waals surface area contributed by atoms with Crippen LogP contribution in [0.3, 0.4) is 0 Å². The largest absolute Gasteiger partial charge is 0.478 e. The molecule has 0 aliphatic carbocycles. The van der Waals surface area contributed by atoms with E-state index in [2.05, 4.69) is 4.74 Å². The van der Waals surface area contributed by atoms with Crippen molar-refractivity contribution in [3.05, 3.63) is 0 Å². The van der Waals surface area contributed by atoms with Crippen molar-refractivity contribution < 1.29 is 34.4 Å². The van der Waals surface area contributed by atoms with E-state index >= 15 is 0 Å². The van der Waals surface area contributed by atoms with Gasteiger partial charge in [-0.1, -0.05) is 0 Å². The number of esters is 1. The third kappa shape index (κ3) is 5.02. The number of hydrogen-bond acceptors (Lipinski definition) is 7. The number of nitrogens with two attached hydrogens (primary N) is 1. The van der Waals surface area contributed by atoms with Gasteiger partial charge in [-0.25, -0.2) is 14.4 Å². The molecule has 0 aliphatic rings. The smallest absolute Gasteiger partial charge is 0.356 e. The molecule has 0 aromatic rings. The van der Waals surface area contributed by atoms with Crippen LogP contribution in [-0.2, 0) is 19.1 Å². The minimum absolute atomic E-state index is 0.182. The van der Waals surface area contributed by atoms with Gasteiger partial charge in [0.2, 0.25) is 5.72 Å². The highest BCUT2D eigenvalue weighted by Gasteiger charge is 2.38. The summed E-state index contributed by atoms with van der Waals surface area (Å²) in [4.78, 5) is 32.1. The van der Waals surface area contributed by atoms with Gasteiger partial charge in [0, 0.05) is 6.42 Å². The lowest BCUT2D eigenvalue weighted by Crippen LogP contribution is -2.52. The van der Waals surface area contributed by atoms with Gasteiger partial charge >= 0.3 is 17.9 Å². The highest BCUT2D eigenvalue weighted by atomic mass is 32.2. The molecule has 0 bridgehead atoms. The van der Waals surface area contributed by atoms with Crippen molar-refractivity contribution in [3.63, 3.8) is 0 Å². The second-order valence-electron chi connectivity index (χ2n) is 3.13. The molecule has 98 valence electrons. The van der Waals surface area contributed by atoms with Gasteiger partial charge in [0.15, 0.2) is 0 Å². The molecule has 0 rings (SSSR count). The summed E-state index contributed by atoms with van der Waals surface area (Å²) in [5.74, 6) is -4.87. The van der Waals surface area contributed by atoms with Crippen molar-refractivity contribution in [2.45, 2.75) is 18.2 Å². The normalized spacial score (nSPS) is 14.1. The van der Waals surface area contributed by atoms with Crippen LogP contribution < -0.4 is 5.73 Å². The minimum atomic E-state index is -2.40. The Morgan fingerprint density at radius 2 is 1.82 bits per heavy atom. The molecule has 5 N–H and O–H groups in total. The van der Waals surface area contributed by atoms with Gasteiger partial charge < -0.3 is 20.1 Å². The molecule has 1 atom stereocenters. The van der Waals surface area contributed by atoms with Crippen molar-refractivity contribution in [2.75, 3.05) is 12.0 Å². The van der Waals surface area contributed by atoms with Gasteiger partial charge in [0.25, 0.3) is 6.10 Å². The van der Waals surface area contributed by atoms with Gasteiger partial charge in [0.05, 0.1) is 0 Å². The first-order chi connectivity index (χ1) is 7.72. The highest BCUT2D eigenvalue weighted by Crippen LogP contribution is 2.11. The van der Waals surface area contributed by atoms with Crippen molar-refractivity contribution in [3.8, 4) is 0 Å². The maximum Gasteiger partial charge on any atom is 0.356 e. The zero-order valence-corrected chi connectivity index (χ0v) is 9.77. The van der Waals surface area contributed by atoms with Gasteiger partial charge in [0.1, 0.15) is 0 Å². The lowest BCUT2D eigenvalue weighted by molar-refractivity contribution is -0.185. The second kappa shape index (κ2) is 6.42. The van der Waals surface area contributed by atoms with Crippen LogP contribution in [0, 0.1) is 0 Å². The van der Waals surface area contributed by atoms with Crippen LogP contribution in [0.25, 0.3) is 0 Å². The zero-order chi connectivity index (χ0) is 13.6. The van der Waals surface area contributed by atoms with Gasteiger partial charge in [-0.05, 0) is 12.0 Å². The predicted octanol–water partition coefficient (Wildman–Crippen LogP) is -1.53. The van der Waals surface area contributed by atoms with Crippen LogP contribution in [0.2, 0.25) is 0 Å². The van der Waals surface area contributed by atoms with Crippen molar-refractivity contribution in [1.29, 1.82) is 0 Å². The number of carboxylic acids is 2. The molecule has 0 spiro atoms. The minimum Gasteiger partial charge on any atom is -0.478 e. The summed E-state index contributed by atoms with van der Waals surface area (Å²) in [6.07, 6.45) is -0.857. The second-order valence-corrected chi connectivity index (χ2v) is 4.11. The molecular formula is C8H13NO7S. The Morgan fingerprint density at radius 3 is 2.18 bits per heavy atom. The molecule has 0 aromatic heterocycles. The number of hydrogen-bond donors (Lipinski definition) is 4. The third-order valence-corrected chi connectivity index (χ3v) is 2.33. The van der Waals surface area contributed by atoms with E-state index in [9.17, 15) is 19.5 Å². The highest BCUT2D eigenvalue weighted by molar-refractivity contribution is 7.98. The Balaban J connectivity index is 4.60. The number of ether oxygens (including phenoxy) is 1. The fraction of sp³-hybridized carbons (Fsp3) is 0.625. The number of aliphatic carboxylic acids is 2. The topological polar surface area (TPSA) is 147 Å². The monoisotopic (exact) mass is 267 g/mol. The SMILES string of the molecule is CSCCC(N)(O)C(=O)OC(C(=O)O)C(=O)O. The van der Waals surface area contributed by atoms with E-state index in [1.165, 1.54) is 11.8 Å². The lowest BCUT2D eigenvalue weighted by atomic mass is 10.2. The molecule has 9 heteroatoms. The van der Waals surface area contributed by atoms with E-state index in [1.54, 1.807) is 6.26 Å². The molecule has 0 amide bonds. The molecule has 8 nitrogen and oxygen atoms in total. The van der Waals surface area contributed by atoms with Crippen LogP contribution in [-0.4, -0.2) is 57.1 Å². The summed E-state index contributed by atoms with van der Waals surface area (Å²) in [6.45, 7) is 0. The Bertz CT molecular complexity index is 303. The Hall–Kier alpha value is -1.32. The number of carboxylic acid groups (broad SMARTS) is 2. The van der Waals surface area contributed by atoms with Crippen LogP contribution >= 0.6 is 11.8 Å². The Labute approximate surface area is 101 Å². The fourth-order valence-electron chi connectivity index (χ4n) is 0.775. The van der Waals surface area contributed by atoms with Crippen molar-refractivity contribution in [2.24, 2.45) is 5.73 Å². The quantitative estimate of drug-likeness (QED) is 0.245. The first kappa shape index (κ1) is 15.7. The number of carbonyl (C=O) groups is 3. The summed E-state index contributed by atoms with van der Waals surface area (Å²) >= 11 is 1.30. The molecule has 0 saturated carbocycles. The molecule has 17 heavy (non-hydrogen) atoms. The van der Waals surface area contributed by atoms with E-state index in [-0.39, 0.29) is 6.42 Å². The fourth-order valence-corrected chi connectivity index (χ4v) is 1.29. The maximum absolute atomic E-state index is 11.3. The van der Waals surface area contributed by atoms with E-state index in [0.29, 0.717) is 5.75 Å². The predicted molar refractivity (Wildman–Crippen MR) is 57.3 cm³/mol. The molecule has 0 fully saturated rings. The number of aliphatic hydroxyl groups is 1. The molecule has 0 radical (unpaired) electrons. The van der Waals surface area contributed by atoms with Gasteiger partial charge in [-0.2, -0.15) is 11.8 Å². The zero-order valence-electron chi connectivity index (χ0n) is 8.95. The van der Waals surface area contributed by atoms with Crippen LogP contribution in [0.1, 0.15) is 6.42 Å². The maximum atomic E-state index is 11.3. The van der Waals surface area contributed by atoms with Crippen LogP contribution in [0.15, 0.2) is 0 Å². The molecular weight excluding hydrogens is 254 g/mol. The van der Waals surface area contributed by atoms with Crippen molar-refractivity contribution in [1.82, 2.24) is 0 Å². The van der Waals surface area contributed by atoms with Gasteiger partial charge in [-0.3, -0.25) is 5.73 Å². The third-order valence-electron chi connectivity index (χ3n) is 1.71. The van der Waals surface area contributed by atoms with E-state index in [0.717, 1.165) is 0 Å².